The van der Waals surface area contributed by atoms with Gasteiger partial charge in [-0.15, -0.1) is 0 Å². The summed E-state index contributed by atoms with van der Waals surface area (Å²) in [6.45, 7) is 9.69. The van der Waals surface area contributed by atoms with E-state index in [9.17, 15) is 4.79 Å². The van der Waals surface area contributed by atoms with Gasteiger partial charge in [0.1, 0.15) is 12.3 Å². The van der Waals surface area contributed by atoms with E-state index < -0.39 is 0 Å². The molecule has 156 valence electrons. The maximum Gasteiger partial charge on any atom is 0.246 e. The first-order valence-electron chi connectivity index (χ1n) is 9.95. The summed E-state index contributed by atoms with van der Waals surface area (Å²) >= 11 is 0. The van der Waals surface area contributed by atoms with Gasteiger partial charge < -0.3 is 20.7 Å². The second-order valence-corrected chi connectivity index (χ2v) is 7.12. The lowest BCUT2D eigenvalue weighted by molar-refractivity contribution is -0.114. The minimum absolute atomic E-state index is 0.0128. The number of hydrogen-bond donors (Lipinski definition) is 3. The molecule has 2 aromatic rings. The summed E-state index contributed by atoms with van der Waals surface area (Å²) < 4.78 is 5.73. The molecule has 0 bridgehead atoms. The molecule has 29 heavy (non-hydrogen) atoms. The summed E-state index contributed by atoms with van der Waals surface area (Å²) in [4.78, 5) is 20.5. The van der Waals surface area contributed by atoms with Crippen molar-refractivity contribution in [1.29, 1.82) is 0 Å². The van der Waals surface area contributed by atoms with Crippen LogP contribution in [0.15, 0.2) is 53.8 Å². The summed E-state index contributed by atoms with van der Waals surface area (Å²) in [5, 5.41) is 9.27. The Labute approximate surface area is 173 Å². The first kappa shape index (κ1) is 22.2. The van der Waals surface area contributed by atoms with Gasteiger partial charge in [-0.3, -0.25) is 9.78 Å². The average molecular weight is 398 g/mol. The number of anilines is 1. The summed E-state index contributed by atoms with van der Waals surface area (Å²) in [6, 6.07) is 11.6. The van der Waals surface area contributed by atoms with E-state index in [4.69, 9.17) is 4.74 Å². The van der Waals surface area contributed by atoms with Crippen LogP contribution in [-0.4, -0.2) is 36.5 Å². The van der Waals surface area contributed by atoms with Crippen LogP contribution in [-0.2, 0) is 4.79 Å². The van der Waals surface area contributed by atoms with Gasteiger partial charge in [0, 0.05) is 12.7 Å². The topological polar surface area (TPSA) is 87.6 Å². The van der Waals surface area contributed by atoms with Crippen LogP contribution in [0.3, 0.4) is 0 Å². The number of carbonyl (C=O) groups excluding carboxylic acids is 1. The molecule has 7 heteroatoms. The third-order valence-electron chi connectivity index (χ3n) is 3.99. The van der Waals surface area contributed by atoms with Crippen molar-refractivity contribution in [2.75, 3.05) is 25.0 Å². The molecule has 7 nitrogen and oxygen atoms in total. The number of benzene rings is 1. The Morgan fingerprint density at radius 2 is 1.93 bits per heavy atom. The summed E-state index contributed by atoms with van der Waals surface area (Å²) in [7, 11) is 0. The van der Waals surface area contributed by atoms with Gasteiger partial charge in [0.15, 0.2) is 5.96 Å². The Hall–Kier alpha value is -3.09. The van der Waals surface area contributed by atoms with Gasteiger partial charge in [0.2, 0.25) is 5.91 Å². The zero-order valence-corrected chi connectivity index (χ0v) is 17.6. The zero-order chi connectivity index (χ0) is 21.1. The Morgan fingerprint density at radius 3 is 2.55 bits per heavy atom. The van der Waals surface area contributed by atoms with E-state index in [-0.39, 0.29) is 18.5 Å². The minimum atomic E-state index is -0.200. The first-order chi connectivity index (χ1) is 14.0. The van der Waals surface area contributed by atoms with Crippen LogP contribution in [0, 0.1) is 5.92 Å². The molecule has 1 unspecified atom stereocenters. The third-order valence-corrected chi connectivity index (χ3v) is 3.99. The highest BCUT2D eigenvalue weighted by Crippen LogP contribution is 2.18. The van der Waals surface area contributed by atoms with E-state index in [1.54, 1.807) is 24.5 Å². The van der Waals surface area contributed by atoms with Crippen molar-refractivity contribution in [3.05, 3.63) is 54.4 Å². The fourth-order valence-corrected chi connectivity index (χ4v) is 2.51. The van der Waals surface area contributed by atoms with Crippen molar-refractivity contribution in [3.63, 3.8) is 0 Å². The quantitative estimate of drug-likeness (QED) is 0.446. The summed E-state index contributed by atoms with van der Waals surface area (Å²) in [5.41, 5.74) is 1.76. The maximum atomic E-state index is 12.1. The number of nitrogens with one attached hydrogen (secondary N) is 3. The number of ether oxygens (including phenoxy) is 1. The highest BCUT2D eigenvalue weighted by atomic mass is 16.5. The molecule has 3 N–H and O–H groups in total. The molecule has 0 aliphatic carbocycles. The van der Waals surface area contributed by atoms with Gasteiger partial charge in [-0.2, -0.15) is 0 Å². The smallest absolute Gasteiger partial charge is 0.246 e. The van der Waals surface area contributed by atoms with E-state index in [1.807, 2.05) is 38.1 Å². The van der Waals surface area contributed by atoms with E-state index in [1.165, 1.54) is 0 Å². The van der Waals surface area contributed by atoms with E-state index in [2.05, 4.69) is 39.8 Å². The number of carbonyl (C=O) groups is 1. The number of pyridine rings is 1. The maximum absolute atomic E-state index is 12.1. The molecule has 1 atom stereocenters. The van der Waals surface area contributed by atoms with Gasteiger partial charge in [-0.25, -0.2) is 4.99 Å². The highest BCUT2D eigenvalue weighted by molar-refractivity contribution is 5.93. The molecule has 1 aromatic heterocycles. The average Bonchev–Trinajstić information content (AvgIpc) is 2.71. The van der Waals surface area contributed by atoms with Crippen LogP contribution in [0.4, 0.5) is 5.69 Å². The van der Waals surface area contributed by atoms with Crippen molar-refractivity contribution >= 4 is 17.6 Å². The zero-order valence-electron chi connectivity index (χ0n) is 17.6. The van der Waals surface area contributed by atoms with Crippen molar-refractivity contribution < 1.29 is 9.53 Å². The lowest BCUT2D eigenvalue weighted by Crippen LogP contribution is -2.39. The number of nitrogens with zero attached hydrogens (tertiary/aromatic N) is 2. The molecule has 0 aliphatic rings. The normalized spacial score (nSPS) is 12.4. The van der Waals surface area contributed by atoms with Crippen molar-refractivity contribution in [2.45, 2.75) is 33.7 Å². The lowest BCUT2D eigenvalue weighted by Gasteiger charge is -2.18. The molecule has 1 heterocycles. The standard InChI is InChI=1S/C22H31N5O2/c1-5-24-22(25-14-21(28)27-19-7-6-12-23-13-19)26-17(4)18-8-10-20(11-9-18)29-15-16(2)3/h6-13,16-17H,5,14-15H2,1-4H3,(H,27,28)(H2,24,25,26). The van der Waals surface area contributed by atoms with Gasteiger partial charge in [0.25, 0.3) is 0 Å². The van der Waals surface area contributed by atoms with Gasteiger partial charge >= 0.3 is 0 Å². The van der Waals surface area contributed by atoms with Crippen molar-refractivity contribution in [1.82, 2.24) is 15.6 Å². The molecular weight excluding hydrogens is 366 g/mol. The Kier molecular flexibility index (Phi) is 8.95. The predicted molar refractivity (Wildman–Crippen MR) is 117 cm³/mol. The molecular formula is C22H31N5O2. The van der Waals surface area contributed by atoms with E-state index >= 15 is 0 Å². The van der Waals surface area contributed by atoms with Crippen LogP contribution < -0.4 is 20.7 Å². The lowest BCUT2D eigenvalue weighted by atomic mass is 10.1. The molecule has 1 amide bonds. The molecule has 2 rings (SSSR count). The number of aromatic nitrogens is 1. The first-order valence-corrected chi connectivity index (χ1v) is 9.95. The Bertz CT molecular complexity index is 776. The van der Waals surface area contributed by atoms with Crippen LogP contribution in [0.5, 0.6) is 5.75 Å². The number of rotatable bonds is 9. The van der Waals surface area contributed by atoms with Crippen LogP contribution >= 0.6 is 0 Å². The van der Waals surface area contributed by atoms with Gasteiger partial charge in [-0.05, 0) is 49.6 Å². The van der Waals surface area contributed by atoms with Crippen LogP contribution in [0.1, 0.15) is 39.3 Å². The molecule has 0 spiro atoms. The van der Waals surface area contributed by atoms with Gasteiger partial charge in [-0.1, -0.05) is 26.0 Å². The Morgan fingerprint density at radius 1 is 1.17 bits per heavy atom. The second kappa shape index (κ2) is 11.7. The predicted octanol–water partition coefficient (Wildman–Crippen LogP) is 3.37. The van der Waals surface area contributed by atoms with Crippen LogP contribution in [0.25, 0.3) is 0 Å². The molecule has 0 aliphatic heterocycles. The summed E-state index contributed by atoms with van der Waals surface area (Å²) in [5.74, 6) is 1.74. The summed E-state index contributed by atoms with van der Waals surface area (Å²) in [6.07, 6.45) is 3.26. The number of aliphatic imine (C=N–C) groups is 1. The fraction of sp³-hybridized carbons (Fsp3) is 0.409. The number of hydrogen-bond acceptors (Lipinski definition) is 4. The second-order valence-electron chi connectivity index (χ2n) is 7.12. The Balaban J connectivity index is 1.92. The molecule has 0 saturated carbocycles. The number of guanidine groups is 1. The van der Waals surface area contributed by atoms with Gasteiger partial charge in [0.05, 0.1) is 24.5 Å². The van der Waals surface area contributed by atoms with Crippen LogP contribution in [0.2, 0.25) is 0 Å². The molecule has 0 radical (unpaired) electrons. The largest absolute Gasteiger partial charge is 0.493 e. The molecule has 1 aromatic carbocycles. The van der Waals surface area contributed by atoms with E-state index in [0.29, 0.717) is 30.7 Å². The SMILES string of the molecule is CCNC(=NCC(=O)Nc1cccnc1)NC(C)c1ccc(OCC(C)C)cc1. The van der Waals surface area contributed by atoms with Crippen molar-refractivity contribution in [3.8, 4) is 5.75 Å². The van der Waals surface area contributed by atoms with E-state index in [0.717, 1.165) is 11.3 Å². The minimum Gasteiger partial charge on any atom is -0.493 e. The number of amides is 1. The molecule has 0 saturated heterocycles. The fourth-order valence-electron chi connectivity index (χ4n) is 2.51. The highest BCUT2D eigenvalue weighted by Gasteiger charge is 2.09. The van der Waals surface area contributed by atoms with Crippen molar-refractivity contribution in [2.24, 2.45) is 10.9 Å². The third kappa shape index (κ3) is 8.21. The monoisotopic (exact) mass is 397 g/mol. The molecule has 0 fully saturated rings.